The van der Waals surface area contributed by atoms with Gasteiger partial charge in [0.1, 0.15) is 10.9 Å². The van der Waals surface area contributed by atoms with Crippen molar-refractivity contribution in [3.05, 3.63) is 39.2 Å². The first kappa shape index (κ1) is 20.8. The topological polar surface area (TPSA) is 70.2 Å². The summed E-state index contributed by atoms with van der Waals surface area (Å²) in [6, 6.07) is 7.58. The second-order valence-electron chi connectivity index (χ2n) is 6.16. The molecule has 0 N–H and O–H groups in total. The molecule has 1 aromatic carbocycles. The van der Waals surface area contributed by atoms with Crippen molar-refractivity contribution in [2.45, 2.75) is 0 Å². The van der Waals surface area contributed by atoms with Gasteiger partial charge in [-0.2, -0.15) is 0 Å². The van der Waals surface area contributed by atoms with Gasteiger partial charge in [0.2, 0.25) is 5.91 Å². The number of carbonyl (C=O) groups excluding carboxylic acids is 3. The maximum absolute atomic E-state index is 12.7. The van der Waals surface area contributed by atoms with E-state index >= 15 is 0 Å². The van der Waals surface area contributed by atoms with E-state index in [1.165, 1.54) is 23.8 Å². The zero-order valence-corrected chi connectivity index (χ0v) is 18.3. The molecule has 10 heteroatoms. The minimum Gasteiger partial charge on any atom is -0.453 e. The molecule has 1 aromatic rings. The minimum atomic E-state index is -0.401. The standard InChI is InChI=1S/C18H18BrN3O4S2/c1-26-17(25)21-7-5-20(6-8-21)15(23)11-22-16(24)14(28-18(22)27)10-12-3-2-4-13(19)9-12/h2-4,9-10H,5-8,11H2,1H3. The molecule has 0 atom stereocenters. The summed E-state index contributed by atoms with van der Waals surface area (Å²) in [4.78, 5) is 41.8. The SMILES string of the molecule is COC(=O)N1CCN(C(=O)CN2C(=O)C(=Cc3cccc(Br)c3)SC2=S)CC1. The number of amides is 3. The van der Waals surface area contributed by atoms with Crippen molar-refractivity contribution in [3.8, 4) is 0 Å². The first-order chi connectivity index (χ1) is 13.4. The Bertz CT molecular complexity index is 853. The van der Waals surface area contributed by atoms with E-state index in [0.29, 0.717) is 35.4 Å². The highest BCUT2D eigenvalue weighted by atomic mass is 79.9. The van der Waals surface area contributed by atoms with E-state index in [9.17, 15) is 14.4 Å². The number of piperazine rings is 1. The molecule has 2 fully saturated rings. The van der Waals surface area contributed by atoms with Gasteiger partial charge in [-0.1, -0.05) is 52.0 Å². The Balaban J connectivity index is 1.62. The normalized spacial score (nSPS) is 18.8. The number of methoxy groups -OCH3 is 1. The number of benzene rings is 1. The Morgan fingerprint density at radius 3 is 2.57 bits per heavy atom. The Hall–Kier alpha value is -1.91. The highest BCUT2D eigenvalue weighted by Gasteiger charge is 2.35. The number of halogens is 1. The van der Waals surface area contributed by atoms with Gasteiger partial charge in [-0.25, -0.2) is 4.79 Å². The third kappa shape index (κ3) is 4.73. The Kier molecular flexibility index (Phi) is 6.73. The van der Waals surface area contributed by atoms with E-state index in [1.807, 2.05) is 24.3 Å². The van der Waals surface area contributed by atoms with Crippen LogP contribution in [0.3, 0.4) is 0 Å². The third-order valence-corrected chi connectivity index (χ3v) is 6.25. The average molecular weight is 484 g/mol. The zero-order valence-electron chi connectivity index (χ0n) is 15.1. The fourth-order valence-corrected chi connectivity index (χ4v) is 4.56. The maximum atomic E-state index is 12.7. The van der Waals surface area contributed by atoms with E-state index in [-0.39, 0.29) is 18.4 Å². The smallest absolute Gasteiger partial charge is 0.409 e. The van der Waals surface area contributed by atoms with Crippen molar-refractivity contribution in [1.82, 2.24) is 14.7 Å². The summed E-state index contributed by atoms with van der Waals surface area (Å²) < 4.78 is 5.97. The highest BCUT2D eigenvalue weighted by Crippen LogP contribution is 2.32. The number of hydrogen-bond acceptors (Lipinski definition) is 6. The van der Waals surface area contributed by atoms with Gasteiger partial charge >= 0.3 is 6.09 Å². The summed E-state index contributed by atoms with van der Waals surface area (Å²) in [5.41, 5.74) is 0.875. The molecule has 0 spiro atoms. The highest BCUT2D eigenvalue weighted by molar-refractivity contribution is 9.10. The number of thiocarbonyl (C=S) groups is 1. The fraction of sp³-hybridized carbons (Fsp3) is 0.333. The van der Waals surface area contributed by atoms with Crippen LogP contribution in [0.2, 0.25) is 0 Å². The van der Waals surface area contributed by atoms with Crippen molar-refractivity contribution >= 4 is 68.2 Å². The van der Waals surface area contributed by atoms with Crippen LogP contribution in [0.1, 0.15) is 5.56 Å². The molecule has 2 heterocycles. The summed E-state index contributed by atoms with van der Waals surface area (Å²) in [5.74, 6) is -0.457. The number of rotatable bonds is 3. The summed E-state index contributed by atoms with van der Waals surface area (Å²) in [5, 5.41) is 0. The van der Waals surface area contributed by atoms with Crippen LogP contribution in [0.15, 0.2) is 33.6 Å². The van der Waals surface area contributed by atoms with Crippen LogP contribution in [0.4, 0.5) is 4.79 Å². The van der Waals surface area contributed by atoms with Crippen LogP contribution in [-0.4, -0.2) is 76.8 Å². The molecular formula is C18H18BrN3O4S2. The Morgan fingerprint density at radius 1 is 1.25 bits per heavy atom. The van der Waals surface area contributed by atoms with Crippen molar-refractivity contribution in [1.29, 1.82) is 0 Å². The zero-order chi connectivity index (χ0) is 20.3. The fourth-order valence-electron chi connectivity index (χ4n) is 2.89. The first-order valence-electron chi connectivity index (χ1n) is 8.50. The third-order valence-electron chi connectivity index (χ3n) is 4.38. The average Bonchev–Trinajstić information content (AvgIpc) is 2.94. The first-order valence-corrected chi connectivity index (χ1v) is 10.5. The second-order valence-corrected chi connectivity index (χ2v) is 8.75. The lowest BCUT2D eigenvalue weighted by Gasteiger charge is -2.34. The predicted octanol–water partition coefficient (Wildman–Crippen LogP) is 2.56. The lowest BCUT2D eigenvalue weighted by molar-refractivity contribution is -0.136. The van der Waals surface area contributed by atoms with Crippen LogP contribution < -0.4 is 0 Å². The van der Waals surface area contributed by atoms with Crippen LogP contribution in [-0.2, 0) is 14.3 Å². The molecule has 0 radical (unpaired) electrons. The number of carbonyl (C=O) groups is 3. The van der Waals surface area contributed by atoms with Gasteiger partial charge in [-0.15, -0.1) is 0 Å². The molecule has 148 valence electrons. The lowest BCUT2D eigenvalue weighted by Crippen LogP contribution is -2.53. The molecule has 0 bridgehead atoms. The molecule has 0 aromatic heterocycles. The largest absolute Gasteiger partial charge is 0.453 e. The van der Waals surface area contributed by atoms with Crippen LogP contribution in [0, 0.1) is 0 Å². The van der Waals surface area contributed by atoms with Gasteiger partial charge in [0.25, 0.3) is 5.91 Å². The van der Waals surface area contributed by atoms with Crippen LogP contribution >= 0.6 is 39.9 Å². The minimum absolute atomic E-state index is 0.0985. The van der Waals surface area contributed by atoms with Gasteiger partial charge in [-0.05, 0) is 23.8 Å². The molecule has 0 saturated carbocycles. The molecule has 2 aliphatic heterocycles. The van der Waals surface area contributed by atoms with Crippen molar-refractivity contribution in [3.63, 3.8) is 0 Å². The van der Waals surface area contributed by atoms with Crippen LogP contribution in [0.25, 0.3) is 6.08 Å². The molecule has 28 heavy (non-hydrogen) atoms. The van der Waals surface area contributed by atoms with Gasteiger partial charge in [0, 0.05) is 30.7 Å². The molecule has 2 saturated heterocycles. The number of hydrogen-bond donors (Lipinski definition) is 0. The Morgan fingerprint density at radius 2 is 1.93 bits per heavy atom. The maximum Gasteiger partial charge on any atom is 0.409 e. The molecule has 0 aliphatic carbocycles. The number of nitrogens with zero attached hydrogens (tertiary/aromatic N) is 3. The Labute approximate surface area is 180 Å². The molecule has 3 amide bonds. The number of thioether (sulfide) groups is 1. The van der Waals surface area contributed by atoms with Gasteiger partial charge in [0.15, 0.2) is 0 Å². The molecule has 7 nitrogen and oxygen atoms in total. The van der Waals surface area contributed by atoms with Crippen LogP contribution in [0.5, 0.6) is 0 Å². The molecule has 3 rings (SSSR count). The van der Waals surface area contributed by atoms with Gasteiger partial charge in [0.05, 0.1) is 12.0 Å². The molecule has 0 unspecified atom stereocenters. The van der Waals surface area contributed by atoms with Crippen molar-refractivity contribution in [2.24, 2.45) is 0 Å². The molecule has 2 aliphatic rings. The van der Waals surface area contributed by atoms with E-state index in [4.69, 9.17) is 17.0 Å². The quantitative estimate of drug-likeness (QED) is 0.485. The van der Waals surface area contributed by atoms with Gasteiger partial charge in [-0.3, -0.25) is 14.5 Å². The predicted molar refractivity (Wildman–Crippen MR) is 115 cm³/mol. The van der Waals surface area contributed by atoms with Crippen molar-refractivity contribution in [2.75, 3.05) is 39.8 Å². The second kappa shape index (κ2) is 9.06. The molecular weight excluding hydrogens is 466 g/mol. The van der Waals surface area contributed by atoms with E-state index in [1.54, 1.807) is 15.9 Å². The van der Waals surface area contributed by atoms with E-state index < -0.39 is 6.09 Å². The summed E-state index contributed by atoms with van der Waals surface area (Å²) in [7, 11) is 1.33. The summed E-state index contributed by atoms with van der Waals surface area (Å²) in [6.07, 6.45) is 1.37. The number of ether oxygens (including phenoxy) is 1. The monoisotopic (exact) mass is 483 g/mol. The van der Waals surface area contributed by atoms with Gasteiger partial charge < -0.3 is 14.5 Å². The van der Waals surface area contributed by atoms with E-state index in [0.717, 1.165) is 10.0 Å². The summed E-state index contributed by atoms with van der Waals surface area (Å²) in [6.45, 7) is 1.51. The lowest BCUT2D eigenvalue weighted by atomic mass is 10.2. The van der Waals surface area contributed by atoms with Crippen molar-refractivity contribution < 1.29 is 19.1 Å². The summed E-state index contributed by atoms with van der Waals surface area (Å²) >= 11 is 9.90. The van der Waals surface area contributed by atoms with E-state index in [2.05, 4.69) is 15.9 Å².